The number of rotatable bonds is 3. The van der Waals surface area contributed by atoms with Crippen LogP contribution < -0.4 is 5.32 Å². The maximum absolute atomic E-state index is 11.9. The molecule has 1 saturated heterocycles. The molecule has 0 radical (unpaired) electrons. The molecule has 1 aliphatic carbocycles. The minimum atomic E-state index is 0. The van der Waals surface area contributed by atoms with E-state index in [2.05, 4.69) is 12.2 Å². The number of carbonyl (C=O) groups excluding carboxylic acids is 1. The number of piperazine rings is 1. The smallest absolute Gasteiger partial charge is 0.248 e. The Kier molecular flexibility index (Phi) is 6.97. The second kappa shape index (κ2) is 7.97. The summed E-state index contributed by atoms with van der Waals surface area (Å²) in [6, 6.07) is 0. The Bertz CT molecular complexity index is 257. The molecule has 1 saturated carbocycles. The predicted molar refractivity (Wildman–Crippen MR) is 74.1 cm³/mol. The molecule has 0 bridgehead atoms. The van der Waals surface area contributed by atoms with Gasteiger partial charge in [0.2, 0.25) is 5.91 Å². The summed E-state index contributed by atoms with van der Waals surface area (Å²) in [5.41, 5.74) is 0. The molecule has 1 amide bonds. The average Bonchev–Trinajstić information content (AvgIpc) is 2.38. The van der Waals surface area contributed by atoms with Crippen molar-refractivity contribution in [3.63, 3.8) is 0 Å². The number of nitrogens with one attached hydrogen (secondary N) is 1. The normalized spacial score (nSPS) is 28.6. The van der Waals surface area contributed by atoms with Crippen molar-refractivity contribution < 1.29 is 9.53 Å². The van der Waals surface area contributed by atoms with Crippen LogP contribution in [-0.4, -0.2) is 49.7 Å². The minimum absolute atomic E-state index is 0. The Morgan fingerprint density at radius 3 is 2.61 bits per heavy atom. The summed E-state index contributed by atoms with van der Waals surface area (Å²) in [6.07, 6.45) is 5.22. The Morgan fingerprint density at radius 2 is 1.94 bits per heavy atom. The van der Waals surface area contributed by atoms with E-state index >= 15 is 0 Å². The third-order valence-corrected chi connectivity index (χ3v) is 3.92. The van der Waals surface area contributed by atoms with Crippen molar-refractivity contribution in [3.8, 4) is 0 Å². The molecule has 2 unspecified atom stereocenters. The number of hydrogen-bond acceptors (Lipinski definition) is 3. The first kappa shape index (κ1) is 15.7. The topological polar surface area (TPSA) is 41.6 Å². The van der Waals surface area contributed by atoms with Crippen LogP contribution in [0.2, 0.25) is 0 Å². The van der Waals surface area contributed by atoms with Gasteiger partial charge in [0.25, 0.3) is 0 Å². The molecule has 2 fully saturated rings. The first-order valence-corrected chi connectivity index (χ1v) is 6.87. The molecular formula is C13H25ClN2O2. The van der Waals surface area contributed by atoms with E-state index < -0.39 is 0 Å². The van der Waals surface area contributed by atoms with Gasteiger partial charge in [0, 0.05) is 26.2 Å². The van der Waals surface area contributed by atoms with Crippen molar-refractivity contribution in [2.24, 2.45) is 5.92 Å². The van der Waals surface area contributed by atoms with Gasteiger partial charge in [-0.15, -0.1) is 12.4 Å². The Morgan fingerprint density at radius 1 is 1.28 bits per heavy atom. The fourth-order valence-electron chi connectivity index (χ4n) is 2.71. The van der Waals surface area contributed by atoms with Crippen LogP contribution in [-0.2, 0) is 9.53 Å². The standard InChI is InChI=1S/C13H24N2O2.ClH/c1-11-4-2-3-5-12(11)17-10-13(16)15-8-6-14-7-9-15;/h11-12,14H,2-10H2,1H3;1H. The number of nitrogens with zero attached hydrogens (tertiary/aromatic N) is 1. The van der Waals surface area contributed by atoms with Gasteiger partial charge in [-0.25, -0.2) is 0 Å². The third kappa shape index (κ3) is 4.41. The van der Waals surface area contributed by atoms with E-state index in [0.717, 1.165) is 32.6 Å². The van der Waals surface area contributed by atoms with Crippen molar-refractivity contribution in [1.29, 1.82) is 0 Å². The van der Waals surface area contributed by atoms with Gasteiger partial charge >= 0.3 is 0 Å². The van der Waals surface area contributed by atoms with Gasteiger partial charge < -0.3 is 15.0 Å². The molecule has 0 aromatic rings. The second-order valence-electron chi connectivity index (χ2n) is 5.24. The summed E-state index contributed by atoms with van der Waals surface area (Å²) in [7, 11) is 0. The van der Waals surface area contributed by atoms with Gasteiger partial charge in [-0.2, -0.15) is 0 Å². The Labute approximate surface area is 116 Å². The number of ether oxygens (including phenoxy) is 1. The molecule has 18 heavy (non-hydrogen) atoms. The monoisotopic (exact) mass is 276 g/mol. The summed E-state index contributed by atoms with van der Waals surface area (Å²) in [4.78, 5) is 13.8. The van der Waals surface area contributed by atoms with Gasteiger partial charge in [0.1, 0.15) is 6.61 Å². The molecule has 0 spiro atoms. The molecule has 0 aromatic carbocycles. The maximum atomic E-state index is 11.9. The zero-order valence-electron chi connectivity index (χ0n) is 11.2. The van der Waals surface area contributed by atoms with Gasteiger partial charge in [-0.1, -0.05) is 19.8 Å². The molecule has 2 rings (SSSR count). The maximum Gasteiger partial charge on any atom is 0.248 e. The molecule has 1 aliphatic heterocycles. The van der Waals surface area contributed by atoms with Crippen LogP contribution >= 0.6 is 12.4 Å². The van der Waals surface area contributed by atoms with Gasteiger partial charge in [0.05, 0.1) is 6.10 Å². The molecule has 0 aromatic heterocycles. The van der Waals surface area contributed by atoms with E-state index in [9.17, 15) is 4.79 Å². The lowest BCUT2D eigenvalue weighted by molar-refractivity contribution is -0.140. The van der Waals surface area contributed by atoms with E-state index in [1.54, 1.807) is 0 Å². The van der Waals surface area contributed by atoms with E-state index in [4.69, 9.17) is 4.74 Å². The van der Waals surface area contributed by atoms with Gasteiger partial charge in [0.15, 0.2) is 0 Å². The summed E-state index contributed by atoms with van der Waals surface area (Å²) < 4.78 is 5.80. The zero-order chi connectivity index (χ0) is 12.1. The predicted octanol–water partition coefficient (Wildman–Crippen LogP) is 1.44. The van der Waals surface area contributed by atoms with Crippen molar-refractivity contribution in [1.82, 2.24) is 10.2 Å². The van der Waals surface area contributed by atoms with Crippen LogP contribution in [0.3, 0.4) is 0 Å². The first-order valence-electron chi connectivity index (χ1n) is 6.87. The van der Waals surface area contributed by atoms with Crippen LogP contribution in [0.25, 0.3) is 0 Å². The number of carbonyl (C=O) groups is 1. The van der Waals surface area contributed by atoms with E-state index in [0.29, 0.717) is 12.0 Å². The summed E-state index contributed by atoms with van der Waals surface area (Å²) in [6.45, 7) is 5.97. The van der Waals surface area contributed by atoms with Crippen molar-refractivity contribution >= 4 is 18.3 Å². The number of hydrogen-bond donors (Lipinski definition) is 1. The van der Waals surface area contributed by atoms with Gasteiger partial charge in [-0.3, -0.25) is 4.79 Å². The van der Waals surface area contributed by atoms with Crippen LogP contribution in [0.1, 0.15) is 32.6 Å². The van der Waals surface area contributed by atoms with Crippen molar-refractivity contribution in [2.75, 3.05) is 32.8 Å². The molecule has 106 valence electrons. The highest BCUT2D eigenvalue weighted by atomic mass is 35.5. The molecule has 1 N–H and O–H groups in total. The lowest BCUT2D eigenvalue weighted by atomic mass is 9.88. The van der Waals surface area contributed by atoms with E-state index in [-0.39, 0.29) is 24.9 Å². The highest BCUT2D eigenvalue weighted by Gasteiger charge is 2.24. The van der Waals surface area contributed by atoms with Crippen LogP contribution in [0, 0.1) is 5.92 Å². The van der Waals surface area contributed by atoms with Crippen molar-refractivity contribution in [2.45, 2.75) is 38.7 Å². The third-order valence-electron chi connectivity index (χ3n) is 3.92. The summed E-state index contributed by atoms with van der Waals surface area (Å²) in [5, 5.41) is 3.25. The lowest BCUT2D eigenvalue weighted by Crippen LogP contribution is -2.48. The molecule has 2 atom stereocenters. The number of amides is 1. The lowest BCUT2D eigenvalue weighted by Gasteiger charge is -2.31. The highest BCUT2D eigenvalue weighted by Crippen LogP contribution is 2.26. The fourth-order valence-corrected chi connectivity index (χ4v) is 2.71. The minimum Gasteiger partial charge on any atom is -0.368 e. The molecular weight excluding hydrogens is 252 g/mol. The van der Waals surface area contributed by atoms with E-state index in [1.165, 1.54) is 19.3 Å². The van der Waals surface area contributed by atoms with Crippen LogP contribution in [0.4, 0.5) is 0 Å². The summed E-state index contributed by atoms with van der Waals surface area (Å²) in [5.74, 6) is 0.767. The Balaban J connectivity index is 0.00000162. The largest absolute Gasteiger partial charge is 0.368 e. The highest BCUT2D eigenvalue weighted by molar-refractivity contribution is 5.85. The Hall–Kier alpha value is -0.320. The van der Waals surface area contributed by atoms with E-state index in [1.807, 2.05) is 4.90 Å². The second-order valence-corrected chi connectivity index (χ2v) is 5.24. The first-order chi connectivity index (χ1) is 8.27. The SMILES string of the molecule is CC1CCCCC1OCC(=O)N1CCNCC1.Cl. The molecule has 1 heterocycles. The van der Waals surface area contributed by atoms with Crippen LogP contribution in [0.5, 0.6) is 0 Å². The molecule has 2 aliphatic rings. The fraction of sp³-hybridized carbons (Fsp3) is 0.923. The summed E-state index contributed by atoms with van der Waals surface area (Å²) >= 11 is 0. The molecule has 5 heteroatoms. The van der Waals surface area contributed by atoms with Gasteiger partial charge in [-0.05, 0) is 18.8 Å². The van der Waals surface area contributed by atoms with Crippen LogP contribution in [0.15, 0.2) is 0 Å². The molecule has 4 nitrogen and oxygen atoms in total. The average molecular weight is 277 g/mol. The quantitative estimate of drug-likeness (QED) is 0.848. The van der Waals surface area contributed by atoms with Crippen molar-refractivity contribution in [3.05, 3.63) is 0 Å². The zero-order valence-corrected chi connectivity index (χ0v) is 12.0. The number of halogens is 1.